The molecule has 1 amide bonds. The van der Waals surface area contributed by atoms with E-state index in [9.17, 15) is 61.5 Å². The van der Waals surface area contributed by atoms with Crippen LogP contribution in [-0.4, -0.2) is 62.6 Å². The first-order valence-electron chi connectivity index (χ1n) is 7.49. The van der Waals surface area contributed by atoms with E-state index in [0.29, 0.717) is 13.1 Å². The average Bonchev–Trinajstić information content (AvgIpc) is 2.48. The molecule has 17 heteroatoms. The standard InChI is InChI=1S/C8H16F3N.C4HF8NO3S/c1-3-5-6-12(4-2)7-8(9,10)11;5-2(6,3(7,8)9)1(14)13-17(15,16)4(10,11)12/h3-7H2,1-2H3;(H,13,14). The van der Waals surface area contributed by atoms with Crippen molar-refractivity contribution in [1.29, 1.82) is 0 Å². The lowest BCUT2D eigenvalue weighted by Gasteiger charge is -2.21. The molecule has 1 N–H and O–H groups in total. The van der Waals surface area contributed by atoms with E-state index >= 15 is 0 Å². The predicted molar refractivity (Wildman–Crippen MR) is 77.2 cm³/mol. The number of hydrogen-bond donors (Lipinski definition) is 1. The number of hydrogen-bond acceptors (Lipinski definition) is 4. The molecule has 0 aliphatic rings. The molecule has 0 aliphatic carbocycles. The van der Waals surface area contributed by atoms with Crippen molar-refractivity contribution in [2.75, 3.05) is 19.6 Å². The number of amides is 1. The van der Waals surface area contributed by atoms with Crippen LogP contribution in [0.15, 0.2) is 0 Å². The second-order valence-electron chi connectivity index (χ2n) is 5.29. The number of halogens is 11. The van der Waals surface area contributed by atoms with Gasteiger partial charge in [-0.1, -0.05) is 20.3 Å². The second-order valence-corrected chi connectivity index (χ2v) is 6.96. The molecule has 0 saturated heterocycles. The van der Waals surface area contributed by atoms with E-state index < -0.39 is 51.0 Å². The van der Waals surface area contributed by atoms with Gasteiger partial charge in [-0.15, -0.1) is 0 Å². The zero-order chi connectivity index (χ0) is 23.9. The average molecular weight is 478 g/mol. The zero-order valence-electron chi connectivity index (χ0n) is 14.8. The maximum Gasteiger partial charge on any atom is 0.516 e. The Balaban J connectivity index is 0. The summed E-state index contributed by atoms with van der Waals surface area (Å²) in [4.78, 5) is 11.5. The molecule has 0 spiro atoms. The van der Waals surface area contributed by atoms with Gasteiger partial charge < -0.3 is 0 Å². The molecule has 0 aromatic heterocycles. The molecule has 0 heterocycles. The summed E-state index contributed by atoms with van der Waals surface area (Å²) in [5.74, 6) is -9.90. The van der Waals surface area contributed by atoms with E-state index in [1.165, 1.54) is 4.90 Å². The Kier molecular flexibility index (Phi) is 10.9. The van der Waals surface area contributed by atoms with E-state index in [1.807, 2.05) is 6.92 Å². The fourth-order valence-electron chi connectivity index (χ4n) is 1.36. The van der Waals surface area contributed by atoms with Gasteiger partial charge in [-0.2, -0.15) is 56.7 Å². The Hall–Kier alpha value is -1.39. The lowest BCUT2D eigenvalue weighted by molar-refractivity contribution is -0.269. The summed E-state index contributed by atoms with van der Waals surface area (Å²) in [5.41, 5.74) is -6.19. The Labute approximate surface area is 158 Å². The van der Waals surface area contributed by atoms with Crippen LogP contribution >= 0.6 is 0 Å². The fraction of sp³-hybridized carbons (Fsp3) is 0.917. The van der Waals surface area contributed by atoms with Crippen molar-refractivity contribution in [3.05, 3.63) is 0 Å². The summed E-state index contributed by atoms with van der Waals surface area (Å²) in [5, 5.41) is 0. The summed E-state index contributed by atoms with van der Waals surface area (Å²) >= 11 is 0. The van der Waals surface area contributed by atoms with Crippen LogP contribution in [0.4, 0.5) is 48.3 Å². The molecule has 0 aromatic rings. The smallest absolute Gasteiger partial charge is 0.295 e. The van der Waals surface area contributed by atoms with Crippen LogP contribution in [0.2, 0.25) is 0 Å². The molecule has 5 nitrogen and oxygen atoms in total. The van der Waals surface area contributed by atoms with Gasteiger partial charge in [-0.25, -0.2) is 4.72 Å². The first-order valence-corrected chi connectivity index (χ1v) is 8.97. The van der Waals surface area contributed by atoms with Crippen molar-refractivity contribution in [3.63, 3.8) is 0 Å². The first kappa shape index (κ1) is 29.8. The molecule has 0 bridgehead atoms. The van der Waals surface area contributed by atoms with Crippen molar-refractivity contribution in [2.24, 2.45) is 0 Å². The summed E-state index contributed by atoms with van der Waals surface area (Å²) in [7, 11) is -6.62. The predicted octanol–water partition coefficient (Wildman–Crippen LogP) is 3.82. The van der Waals surface area contributed by atoms with Crippen molar-refractivity contribution in [2.45, 2.75) is 50.5 Å². The van der Waals surface area contributed by atoms with E-state index in [-0.39, 0.29) is 0 Å². The highest BCUT2D eigenvalue weighted by molar-refractivity contribution is 7.90. The number of nitrogens with one attached hydrogen (secondary N) is 1. The highest BCUT2D eigenvalue weighted by Crippen LogP contribution is 2.36. The van der Waals surface area contributed by atoms with Crippen molar-refractivity contribution in [1.82, 2.24) is 9.62 Å². The lowest BCUT2D eigenvalue weighted by atomic mass is 10.3. The third-order valence-electron chi connectivity index (χ3n) is 2.85. The van der Waals surface area contributed by atoms with E-state index in [2.05, 4.69) is 0 Å². The summed E-state index contributed by atoms with van der Waals surface area (Å²) in [6.07, 6.45) is -8.79. The molecule has 0 atom stereocenters. The molecule has 0 fully saturated rings. The van der Waals surface area contributed by atoms with Crippen LogP contribution in [0.5, 0.6) is 0 Å². The third kappa shape index (κ3) is 10.8. The molecule has 0 aromatic carbocycles. The minimum absolute atomic E-state index is 0.419. The number of sulfonamides is 1. The molecule has 176 valence electrons. The number of rotatable bonds is 7. The van der Waals surface area contributed by atoms with E-state index in [1.54, 1.807) is 6.92 Å². The normalized spacial score (nSPS) is 13.7. The van der Waals surface area contributed by atoms with Crippen molar-refractivity contribution in [3.8, 4) is 0 Å². The largest absolute Gasteiger partial charge is 0.516 e. The lowest BCUT2D eigenvalue weighted by Crippen LogP contribution is -2.54. The number of unbranched alkanes of at least 4 members (excludes halogenated alkanes) is 1. The van der Waals surface area contributed by atoms with Crippen molar-refractivity contribution < 1.29 is 61.5 Å². The minimum Gasteiger partial charge on any atom is -0.295 e. The molecular formula is C12H17F11N2O3S. The Morgan fingerprint density at radius 2 is 1.34 bits per heavy atom. The van der Waals surface area contributed by atoms with Gasteiger partial charge in [0.2, 0.25) is 0 Å². The minimum atomic E-state index is -6.62. The zero-order valence-corrected chi connectivity index (χ0v) is 15.6. The van der Waals surface area contributed by atoms with Crippen LogP contribution in [-0.2, 0) is 14.8 Å². The molecule has 0 radical (unpaired) electrons. The second kappa shape index (κ2) is 10.6. The number of nitrogens with zero attached hydrogens (tertiary/aromatic N) is 1. The SMILES string of the molecule is CCCCN(CC)CC(F)(F)F.O=C(NS(=O)(=O)C(F)(F)F)C(F)(F)C(F)(F)F. The third-order valence-corrected chi connectivity index (χ3v) is 3.91. The van der Waals surface area contributed by atoms with E-state index in [4.69, 9.17) is 0 Å². The van der Waals surface area contributed by atoms with Gasteiger partial charge in [0.05, 0.1) is 6.54 Å². The van der Waals surface area contributed by atoms with Gasteiger partial charge >= 0.3 is 39.7 Å². The van der Waals surface area contributed by atoms with Gasteiger partial charge in [0.1, 0.15) is 0 Å². The first-order chi connectivity index (χ1) is 12.6. The molecular weight excluding hydrogens is 461 g/mol. The van der Waals surface area contributed by atoms with Gasteiger partial charge in [0.15, 0.2) is 0 Å². The highest BCUT2D eigenvalue weighted by Gasteiger charge is 2.65. The molecule has 0 aliphatic heterocycles. The number of alkyl halides is 11. The molecule has 0 saturated carbocycles. The van der Waals surface area contributed by atoms with Crippen LogP contribution in [0.1, 0.15) is 26.7 Å². The molecule has 0 unspecified atom stereocenters. The number of carbonyl (C=O) groups excluding carboxylic acids is 1. The maximum atomic E-state index is 12.1. The highest BCUT2D eigenvalue weighted by atomic mass is 32.2. The van der Waals surface area contributed by atoms with Crippen LogP contribution in [0.3, 0.4) is 0 Å². The van der Waals surface area contributed by atoms with E-state index in [0.717, 1.165) is 12.8 Å². The van der Waals surface area contributed by atoms with Gasteiger partial charge in [-0.05, 0) is 19.5 Å². The monoisotopic (exact) mass is 478 g/mol. The topological polar surface area (TPSA) is 66.5 Å². The Morgan fingerprint density at radius 1 is 0.897 bits per heavy atom. The summed E-state index contributed by atoms with van der Waals surface area (Å²) < 4.78 is 149. The van der Waals surface area contributed by atoms with Crippen LogP contribution in [0.25, 0.3) is 0 Å². The summed E-state index contributed by atoms with van der Waals surface area (Å²) in [6.45, 7) is 3.97. The van der Waals surface area contributed by atoms with Crippen molar-refractivity contribution >= 4 is 15.9 Å². The van der Waals surface area contributed by atoms with Gasteiger partial charge in [0.25, 0.3) is 0 Å². The Morgan fingerprint density at radius 3 is 1.62 bits per heavy atom. The van der Waals surface area contributed by atoms with Crippen LogP contribution in [0, 0.1) is 0 Å². The quantitative estimate of drug-likeness (QED) is 0.566. The molecule has 29 heavy (non-hydrogen) atoms. The molecule has 0 rings (SSSR count). The van der Waals surface area contributed by atoms with Gasteiger partial charge in [0, 0.05) is 0 Å². The summed E-state index contributed by atoms with van der Waals surface area (Å²) in [6, 6.07) is 0. The number of carbonyl (C=O) groups is 1. The maximum absolute atomic E-state index is 12.1. The Bertz CT molecular complexity index is 612. The van der Waals surface area contributed by atoms with Gasteiger partial charge in [-0.3, -0.25) is 9.69 Å². The van der Waals surface area contributed by atoms with Crippen LogP contribution < -0.4 is 4.72 Å². The fourth-order valence-corrected chi connectivity index (χ4v) is 1.84.